The van der Waals surface area contributed by atoms with Crippen molar-refractivity contribution in [3.05, 3.63) is 0 Å². The van der Waals surface area contributed by atoms with Crippen LogP contribution in [0, 0.1) is 0 Å². The lowest BCUT2D eigenvalue weighted by atomic mass is 10.4. The van der Waals surface area contributed by atoms with Gasteiger partial charge in [-0.3, -0.25) is 14.1 Å². The molecule has 13 heavy (non-hydrogen) atoms. The highest BCUT2D eigenvalue weighted by molar-refractivity contribution is 7.86. The number of carbonyl (C=O) groups excluding carboxylic acids is 1. The van der Waals surface area contributed by atoms with Gasteiger partial charge in [0.25, 0.3) is 10.1 Å². The molecule has 0 saturated heterocycles. The molecular formula is C5H9NO6S. The molecule has 1 atom stereocenters. The van der Waals surface area contributed by atoms with Gasteiger partial charge in [-0.25, -0.2) is 0 Å². The van der Waals surface area contributed by atoms with Gasteiger partial charge in [-0.2, -0.15) is 8.42 Å². The van der Waals surface area contributed by atoms with Crippen molar-refractivity contribution in [1.82, 2.24) is 5.32 Å². The Balaban J connectivity index is 4.57. The number of hydrogen-bond acceptors (Lipinski definition) is 4. The van der Waals surface area contributed by atoms with Crippen molar-refractivity contribution in [2.24, 2.45) is 0 Å². The minimum Gasteiger partial charge on any atom is -0.481 e. The maximum Gasteiger partial charge on any atom is 0.306 e. The molecule has 0 aromatic rings. The van der Waals surface area contributed by atoms with E-state index in [4.69, 9.17) is 9.66 Å². The second-order valence-corrected chi connectivity index (χ2v) is 3.90. The van der Waals surface area contributed by atoms with E-state index in [-0.39, 0.29) is 0 Å². The Morgan fingerprint density at radius 1 is 1.46 bits per heavy atom. The standard InChI is InChI=1S/C5H9NO6S/c1-3(7)6-4(2-5(8)9)13(10,11)12/h4H,2H2,1H3,(H,6,7)(H,8,9)(H,10,11,12). The first-order chi connectivity index (χ1) is 5.73. The predicted octanol–water partition coefficient (Wildman–Crippen LogP) is -1.19. The van der Waals surface area contributed by atoms with E-state index in [9.17, 15) is 18.0 Å². The van der Waals surface area contributed by atoms with Crippen molar-refractivity contribution in [3.63, 3.8) is 0 Å². The summed E-state index contributed by atoms with van der Waals surface area (Å²) in [5.74, 6) is -2.17. The van der Waals surface area contributed by atoms with Gasteiger partial charge in [-0.15, -0.1) is 0 Å². The van der Waals surface area contributed by atoms with Crippen molar-refractivity contribution in [1.29, 1.82) is 0 Å². The average Bonchev–Trinajstić information content (AvgIpc) is 1.81. The summed E-state index contributed by atoms with van der Waals surface area (Å²) in [6.07, 6.45) is -0.877. The van der Waals surface area contributed by atoms with Crippen molar-refractivity contribution < 1.29 is 27.7 Å². The number of hydrogen-bond donors (Lipinski definition) is 3. The summed E-state index contributed by atoms with van der Waals surface area (Å²) in [6, 6.07) is 0. The fourth-order valence-electron chi connectivity index (χ4n) is 0.616. The number of carboxylic acids is 1. The Morgan fingerprint density at radius 2 is 1.92 bits per heavy atom. The molecule has 0 spiro atoms. The SMILES string of the molecule is CC(=O)NC(CC(=O)O)S(=O)(=O)O. The molecule has 8 heteroatoms. The topological polar surface area (TPSA) is 121 Å². The van der Waals surface area contributed by atoms with Gasteiger partial charge in [-0.05, 0) is 0 Å². The van der Waals surface area contributed by atoms with E-state index in [2.05, 4.69) is 0 Å². The van der Waals surface area contributed by atoms with Gasteiger partial charge in [0.2, 0.25) is 5.91 Å². The van der Waals surface area contributed by atoms with E-state index in [0.29, 0.717) is 0 Å². The number of carbonyl (C=O) groups is 2. The summed E-state index contributed by atoms with van der Waals surface area (Å²) in [6.45, 7) is 1.01. The van der Waals surface area contributed by atoms with Crippen molar-refractivity contribution >= 4 is 22.0 Å². The molecular weight excluding hydrogens is 202 g/mol. The van der Waals surface area contributed by atoms with Crippen LogP contribution in [0.3, 0.4) is 0 Å². The number of amides is 1. The second kappa shape index (κ2) is 4.19. The minimum absolute atomic E-state index is 0.733. The molecule has 76 valence electrons. The molecule has 0 bridgehead atoms. The quantitative estimate of drug-likeness (QED) is 0.503. The third-order valence-electron chi connectivity index (χ3n) is 1.08. The molecule has 0 aliphatic carbocycles. The first-order valence-electron chi connectivity index (χ1n) is 3.18. The van der Waals surface area contributed by atoms with Gasteiger partial charge in [0.05, 0.1) is 6.42 Å². The monoisotopic (exact) mass is 211 g/mol. The molecule has 0 radical (unpaired) electrons. The molecule has 1 amide bonds. The Labute approximate surface area is 74.5 Å². The molecule has 7 nitrogen and oxygen atoms in total. The zero-order valence-electron chi connectivity index (χ0n) is 6.72. The van der Waals surface area contributed by atoms with Crippen LogP contribution >= 0.6 is 0 Å². The van der Waals surface area contributed by atoms with Crippen molar-refractivity contribution in [2.75, 3.05) is 0 Å². The summed E-state index contributed by atoms with van der Waals surface area (Å²) in [4.78, 5) is 20.5. The van der Waals surface area contributed by atoms with Crippen LogP contribution in [-0.4, -0.2) is 35.3 Å². The van der Waals surface area contributed by atoms with E-state index < -0.39 is 33.8 Å². The van der Waals surface area contributed by atoms with E-state index >= 15 is 0 Å². The maximum absolute atomic E-state index is 10.5. The van der Waals surface area contributed by atoms with E-state index in [1.807, 2.05) is 0 Å². The third kappa shape index (κ3) is 5.15. The van der Waals surface area contributed by atoms with Gasteiger partial charge in [0.15, 0.2) is 5.37 Å². The van der Waals surface area contributed by atoms with Crippen LogP contribution in [-0.2, 0) is 19.7 Å². The van der Waals surface area contributed by atoms with Crippen LogP contribution < -0.4 is 5.32 Å². The Kier molecular flexibility index (Phi) is 3.82. The number of carboxylic acid groups (broad SMARTS) is 1. The highest BCUT2D eigenvalue weighted by Crippen LogP contribution is 2.00. The minimum atomic E-state index is -4.57. The molecule has 0 saturated carbocycles. The highest BCUT2D eigenvalue weighted by Gasteiger charge is 2.26. The van der Waals surface area contributed by atoms with Crippen molar-refractivity contribution in [3.8, 4) is 0 Å². The Bertz CT molecular complexity index is 291. The molecule has 3 N–H and O–H groups in total. The Hall–Kier alpha value is -1.15. The molecule has 0 aliphatic rings. The van der Waals surface area contributed by atoms with E-state index in [0.717, 1.165) is 6.92 Å². The highest BCUT2D eigenvalue weighted by atomic mass is 32.2. The summed E-state index contributed by atoms with van der Waals surface area (Å²) < 4.78 is 29.4. The largest absolute Gasteiger partial charge is 0.481 e. The lowest BCUT2D eigenvalue weighted by Crippen LogP contribution is -2.40. The fourth-order valence-corrected chi connectivity index (χ4v) is 1.28. The van der Waals surface area contributed by atoms with Gasteiger partial charge in [-0.1, -0.05) is 0 Å². The zero-order chi connectivity index (χ0) is 10.6. The number of aliphatic carboxylic acids is 1. The molecule has 0 aromatic carbocycles. The molecule has 0 heterocycles. The smallest absolute Gasteiger partial charge is 0.306 e. The molecule has 1 unspecified atom stereocenters. The summed E-state index contributed by atoms with van der Waals surface area (Å²) >= 11 is 0. The summed E-state index contributed by atoms with van der Waals surface area (Å²) in [5.41, 5.74) is 0. The van der Waals surface area contributed by atoms with Crippen LogP contribution in [0.4, 0.5) is 0 Å². The van der Waals surface area contributed by atoms with Gasteiger partial charge in [0, 0.05) is 6.92 Å². The van der Waals surface area contributed by atoms with Gasteiger partial charge in [0.1, 0.15) is 0 Å². The molecule has 0 aliphatic heterocycles. The van der Waals surface area contributed by atoms with Crippen LogP contribution in [0.2, 0.25) is 0 Å². The lowest BCUT2D eigenvalue weighted by molar-refractivity contribution is -0.137. The van der Waals surface area contributed by atoms with Crippen LogP contribution in [0.25, 0.3) is 0 Å². The van der Waals surface area contributed by atoms with E-state index in [1.54, 1.807) is 5.32 Å². The third-order valence-corrected chi connectivity index (χ3v) is 2.09. The fraction of sp³-hybridized carbons (Fsp3) is 0.600. The normalized spacial score (nSPS) is 13.4. The van der Waals surface area contributed by atoms with Crippen LogP contribution in [0.15, 0.2) is 0 Å². The first kappa shape index (κ1) is 11.8. The number of nitrogens with one attached hydrogen (secondary N) is 1. The lowest BCUT2D eigenvalue weighted by Gasteiger charge is -2.11. The van der Waals surface area contributed by atoms with E-state index in [1.165, 1.54) is 0 Å². The first-order valence-corrected chi connectivity index (χ1v) is 4.69. The van der Waals surface area contributed by atoms with Crippen molar-refractivity contribution in [2.45, 2.75) is 18.7 Å². The Morgan fingerprint density at radius 3 is 2.15 bits per heavy atom. The summed E-state index contributed by atoms with van der Waals surface area (Å²) in [7, 11) is -4.57. The van der Waals surface area contributed by atoms with Crippen LogP contribution in [0.1, 0.15) is 13.3 Å². The predicted molar refractivity (Wildman–Crippen MR) is 41.4 cm³/mol. The zero-order valence-corrected chi connectivity index (χ0v) is 7.54. The average molecular weight is 211 g/mol. The number of rotatable bonds is 4. The van der Waals surface area contributed by atoms with Gasteiger partial charge >= 0.3 is 5.97 Å². The second-order valence-electron chi connectivity index (χ2n) is 2.30. The maximum atomic E-state index is 10.5. The molecule has 0 aromatic heterocycles. The van der Waals surface area contributed by atoms with Gasteiger partial charge < -0.3 is 10.4 Å². The molecule has 0 rings (SSSR count). The van der Waals surface area contributed by atoms with Crippen LogP contribution in [0.5, 0.6) is 0 Å². The summed E-state index contributed by atoms with van der Waals surface area (Å²) in [5, 5.41) is 8.24. The molecule has 0 fully saturated rings.